The highest BCUT2D eigenvalue weighted by molar-refractivity contribution is 7.16. The molecule has 0 saturated heterocycles. The van der Waals surface area contributed by atoms with Crippen LogP contribution >= 0.6 is 11.3 Å². The fourth-order valence-corrected chi connectivity index (χ4v) is 3.52. The van der Waals surface area contributed by atoms with Gasteiger partial charge in [0.2, 0.25) is 0 Å². The lowest BCUT2D eigenvalue weighted by Crippen LogP contribution is -2.19. The molecule has 0 atom stereocenters. The molecule has 0 bridgehead atoms. The van der Waals surface area contributed by atoms with Gasteiger partial charge < -0.3 is 4.74 Å². The second-order valence-corrected chi connectivity index (χ2v) is 6.53. The van der Waals surface area contributed by atoms with E-state index < -0.39 is 0 Å². The zero-order chi connectivity index (χ0) is 17.4. The summed E-state index contributed by atoms with van der Waals surface area (Å²) >= 11 is 1.46. The van der Waals surface area contributed by atoms with Crippen LogP contribution in [0.4, 0.5) is 0 Å². The predicted molar refractivity (Wildman–Crippen MR) is 102 cm³/mol. The SMILES string of the molecule is COc1ccc2cc(/C=N\n3c(C)nc4sccc4c3=O)ccc2c1. The number of nitrogens with zero attached hydrogens (tertiary/aromatic N) is 3. The highest BCUT2D eigenvalue weighted by Crippen LogP contribution is 2.21. The quantitative estimate of drug-likeness (QED) is 0.529. The number of aryl methyl sites for hydroxylation is 1. The molecular weight excluding hydrogens is 334 g/mol. The summed E-state index contributed by atoms with van der Waals surface area (Å²) < 4.78 is 6.58. The van der Waals surface area contributed by atoms with Crippen molar-refractivity contribution >= 4 is 38.5 Å². The fraction of sp³-hybridized carbons (Fsp3) is 0.105. The Morgan fingerprint density at radius 1 is 1.16 bits per heavy atom. The summed E-state index contributed by atoms with van der Waals surface area (Å²) in [7, 11) is 1.65. The van der Waals surface area contributed by atoms with E-state index in [1.165, 1.54) is 16.0 Å². The molecule has 0 aliphatic heterocycles. The number of hydrogen-bond donors (Lipinski definition) is 0. The molecule has 0 aliphatic rings. The van der Waals surface area contributed by atoms with Gasteiger partial charge >= 0.3 is 0 Å². The highest BCUT2D eigenvalue weighted by atomic mass is 32.1. The predicted octanol–water partition coefficient (Wildman–Crippen LogP) is 3.81. The first-order chi connectivity index (χ1) is 12.2. The summed E-state index contributed by atoms with van der Waals surface area (Å²) in [5.41, 5.74) is 0.764. The maximum atomic E-state index is 12.5. The van der Waals surface area contributed by atoms with Gasteiger partial charge in [-0.1, -0.05) is 18.2 Å². The number of aromatic nitrogens is 2. The molecule has 6 heteroatoms. The zero-order valence-corrected chi connectivity index (χ0v) is 14.6. The van der Waals surface area contributed by atoms with E-state index in [1.54, 1.807) is 26.3 Å². The van der Waals surface area contributed by atoms with Gasteiger partial charge in [0, 0.05) is 0 Å². The van der Waals surface area contributed by atoms with Gasteiger partial charge in [-0.25, -0.2) is 4.98 Å². The van der Waals surface area contributed by atoms with Crippen LogP contribution in [0.15, 0.2) is 57.7 Å². The van der Waals surface area contributed by atoms with E-state index in [0.717, 1.165) is 26.9 Å². The minimum absolute atomic E-state index is 0.148. The van der Waals surface area contributed by atoms with E-state index in [-0.39, 0.29) is 5.56 Å². The number of methoxy groups -OCH3 is 1. The summed E-state index contributed by atoms with van der Waals surface area (Å²) in [6.07, 6.45) is 1.68. The van der Waals surface area contributed by atoms with Gasteiger partial charge in [0.25, 0.3) is 5.56 Å². The van der Waals surface area contributed by atoms with Crippen LogP contribution in [-0.4, -0.2) is 23.0 Å². The number of rotatable bonds is 3. The zero-order valence-electron chi connectivity index (χ0n) is 13.8. The lowest BCUT2D eigenvalue weighted by atomic mass is 10.1. The van der Waals surface area contributed by atoms with Gasteiger partial charge in [0.15, 0.2) is 0 Å². The maximum absolute atomic E-state index is 12.5. The smallest absolute Gasteiger partial charge is 0.282 e. The second-order valence-electron chi connectivity index (χ2n) is 5.63. The normalized spacial score (nSPS) is 11.6. The molecule has 25 heavy (non-hydrogen) atoms. The van der Waals surface area contributed by atoms with E-state index in [2.05, 4.69) is 10.1 Å². The van der Waals surface area contributed by atoms with Gasteiger partial charge in [-0.3, -0.25) is 4.79 Å². The first kappa shape index (κ1) is 15.5. The summed E-state index contributed by atoms with van der Waals surface area (Å²) in [6, 6.07) is 13.7. The van der Waals surface area contributed by atoms with Crippen molar-refractivity contribution in [3.8, 4) is 5.75 Å². The minimum Gasteiger partial charge on any atom is -0.497 e. The molecule has 2 aromatic heterocycles. The topological polar surface area (TPSA) is 56.5 Å². The second kappa shape index (κ2) is 6.14. The Kier molecular flexibility index (Phi) is 3.82. The van der Waals surface area contributed by atoms with Crippen LogP contribution in [-0.2, 0) is 0 Å². The summed E-state index contributed by atoms with van der Waals surface area (Å²) in [4.78, 5) is 17.7. The van der Waals surface area contributed by atoms with E-state index in [1.807, 2.05) is 41.8 Å². The van der Waals surface area contributed by atoms with Crippen molar-refractivity contribution < 1.29 is 4.74 Å². The largest absolute Gasteiger partial charge is 0.497 e. The molecule has 0 unspecified atom stereocenters. The third-order valence-corrected chi connectivity index (χ3v) is 4.84. The van der Waals surface area contributed by atoms with E-state index >= 15 is 0 Å². The number of hydrogen-bond acceptors (Lipinski definition) is 5. The lowest BCUT2D eigenvalue weighted by Gasteiger charge is -2.04. The molecular formula is C19H15N3O2S. The Morgan fingerprint density at radius 3 is 2.80 bits per heavy atom. The van der Waals surface area contributed by atoms with Gasteiger partial charge in [0.1, 0.15) is 16.4 Å². The third-order valence-electron chi connectivity index (χ3n) is 4.03. The van der Waals surface area contributed by atoms with Crippen LogP contribution in [0.2, 0.25) is 0 Å². The van der Waals surface area contributed by atoms with Crippen molar-refractivity contribution in [1.29, 1.82) is 0 Å². The first-order valence-corrected chi connectivity index (χ1v) is 8.63. The van der Waals surface area contributed by atoms with E-state index in [0.29, 0.717) is 11.2 Å². The molecule has 0 radical (unpaired) electrons. The molecule has 0 spiro atoms. The van der Waals surface area contributed by atoms with E-state index in [9.17, 15) is 4.79 Å². The number of benzene rings is 2. The van der Waals surface area contributed by atoms with Gasteiger partial charge in [-0.15, -0.1) is 11.3 Å². The Labute approximate surface area is 147 Å². The molecule has 0 aliphatic carbocycles. The van der Waals surface area contributed by atoms with Crippen LogP contribution in [0.25, 0.3) is 21.0 Å². The number of fused-ring (bicyclic) bond motifs is 2. The van der Waals surface area contributed by atoms with Crippen LogP contribution in [0.5, 0.6) is 5.75 Å². The van der Waals surface area contributed by atoms with Crippen molar-refractivity contribution in [2.75, 3.05) is 7.11 Å². The average molecular weight is 349 g/mol. The highest BCUT2D eigenvalue weighted by Gasteiger charge is 2.07. The Hall–Kier alpha value is -2.99. The molecule has 0 saturated carbocycles. The molecule has 2 heterocycles. The summed E-state index contributed by atoms with van der Waals surface area (Å²) in [5, 5.41) is 8.98. The van der Waals surface area contributed by atoms with Crippen LogP contribution in [0.3, 0.4) is 0 Å². The Bertz CT molecular complexity index is 1170. The standard InChI is InChI=1S/C19H15N3O2S/c1-12-21-18-17(7-8-25-18)19(23)22(12)20-11-13-3-4-15-10-16(24-2)6-5-14(15)9-13/h3-11H,1-2H3/b20-11-. The Morgan fingerprint density at radius 2 is 1.96 bits per heavy atom. The summed E-state index contributed by atoms with van der Waals surface area (Å²) in [5.74, 6) is 1.40. The molecule has 0 amide bonds. The Balaban J connectivity index is 1.74. The molecule has 2 aromatic carbocycles. The van der Waals surface area contributed by atoms with Crippen LogP contribution < -0.4 is 10.3 Å². The number of thiophene rings is 1. The van der Waals surface area contributed by atoms with Crippen molar-refractivity contribution in [3.63, 3.8) is 0 Å². The fourth-order valence-electron chi connectivity index (χ4n) is 2.72. The molecule has 5 nitrogen and oxygen atoms in total. The van der Waals surface area contributed by atoms with Crippen molar-refractivity contribution in [1.82, 2.24) is 9.66 Å². The van der Waals surface area contributed by atoms with E-state index in [4.69, 9.17) is 4.74 Å². The minimum atomic E-state index is -0.148. The monoisotopic (exact) mass is 349 g/mol. The maximum Gasteiger partial charge on any atom is 0.282 e. The molecule has 0 fully saturated rings. The van der Waals surface area contributed by atoms with Crippen LogP contribution in [0.1, 0.15) is 11.4 Å². The van der Waals surface area contributed by atoms with Crippen LogP contribution in [0, 0.1) is 6.92 Å². The summed E-state index contributed by atoms with van der Waals surface area (Å²) in [6.45, 7) is 1.78. The van der Waals surface area contributed by atoms with Gasteiger partial charge in [-0.2, -0.15) is 9.78 Å². The lowest BCUT2D eigenvalue weighted by molar-refractivity contribution is 0.415. The van der Waals surface area contributed by atoms with Gasteiger partial charge in [0.05, 0.1) is 18.7 Å². The molecule has 124 valence electrons. The molecule has 4 aromatic rings. The first-order valence-electron chi connectivity index (χ1n) is 7.75. The average Bonchev–Trinajstić information content (AvgIpc) is 3.09. The molecule has 4 rings (SSSR count). The molecule has 0 N–H and O–H groups in total. The third kappa shape index (κ3) is 2.81. The van der Waals surface area contributed by atoms with Crippen molar-refractivity contribution in [3.05, 3.63) is 69.6 Å². The van der Waals surface area contributed by atoms with Gasteiger partial charge in [-0.05, 0) is 52.9 Å². The number of ether oxygens (including phenoxy) is 1. The van der Waals surface area contributed by atoms with Crippen molar-refractivity contribution in [2.45, 2.75) is 6.92 Å². The van der Waals surface area contributed by atoms with Crippen molar-refractivity contribution in [2.24, 2.45) is 5.10 Å².